The molecule has 0 unspecified atom stereocenters. The minimum Gasteiger partial charge on any atom is -0.323 e. The van der Waals surface area contributed by atoms with E-state index >= 15 is 0 Å². The van der Waals surface area contributed by atoms with Gasteiger partial charge in [-0.05, 0) is 34.2 Å². The van der Waals surface area contributed by atoms with Crippen molar-refractivity contribution in [3.05, 3.63) is 32.4 Å². The molecular formula is C9H8ClIN2. The van der Waals surface area contributed by atoms with Crippen LogP contribution in [0, 0.1) is 14.9 Å². The van der Waals surface area contributed by atoms with E-state index < -0.39 is 0 Å². The van der Waals surface area contributed by atoms with Gasteiger partial charge in [0.05, 0.1) is 17.5 Å². The van der Waals surface area contributed by atoms with Crippen LogP contribution < -0.4 is 5.73 Å². The summed E-state index contributed by atoms with van der Waals surface area (Å²) in [5, 5.41) is 9.14. The number of halogens is 2. The standard InChI is InChI=1S/C9H8ClIN2/c10-9-6(8(13)4-5-12)2-1-3-7(9)11/h1-3,8H,4,13H2/t8-/m0/s1. The van der Waals surface area contributed by atoms with E-state index in [1.165, 1.54) is 0 Å². The summed E-state index contributed by atoms with van der Waals surface area (Å²) in [4.78, 5) is 0. The average Bonchev–Trinajstić information content (AvgIpc) is 2.10. The molecule has 0 amide bonds. The zero-order valence-corrected chi connectivity index (χ0v) is 9.71. The van der Waals surface area contributed by atoms with E-state index in [4.69, 9.17) is 22.6 Å². The molecule has 0 radical (unpaired) electrons. The molecule has 13 heavy (non-hydrogen) atoms. The van der Waals surface area contributed by atoms with Crippen LogP contribution in [0.4, 0.5) is 0 Å². The van der Waals surface area contributed by atoms with Crippen LogP contribution in [-0.4, -0.2) is 0 Å². The molecule has 1 atom stereocenters. The fraction of sp³-hybridized carbons (Fsp3) is 0.222. The maximum atomic E-state index is 8.48. The number of hydrogen-bond acceptors (Lipinski definition) is 2. The Bertz CT molecular complexity index is 346. The highest BCUT2D eigenvalue weighted by Gasteiger charge is 2.10. The van der Waals surface area contributed by atoms with Gasteiger partial charge < -0.3 is 5.73 Å². The summed E-state index contributed by atoms with van der Waals surface area (Å²) < 4.78 is 0.963. The molecule has 1 rings (SSSR count). The first-order valence-corrected chi connectivity index (χ1v) is 5.19. The first-order valence-electron chi connectivity index (χ1n) is 3.73. The third-order valence-corrected chi connectivity index (χ3v) is 3.33. The van der Waals surface area contributed by atoms with Gasteiger partial charge in [-0.2, -0.15) is 5.26 Å². The molecule has 0 saturated carbocycles. The van der Waals surface area contributed by atoms with Gasteiger partial charge in [-0.15, -0.1) is 0 Å². The first kappa shape index (κ1) is 10.8. The lowest BCUT2D eigenvalue weighted by Crippen LogP contribution is -2.10. The molecule has 0 heterocycles. The zero-order chi connectivity index (χ0) is 9.84. The lowest BCUT2D eigenvalue weighted by atomic mass is 10.1. The Hall–Kier alpha value is -0.310. The summed E-state index contributed by atoms with van der Waals surface area (Å²) in [6.07, 6.45) is 0.291. The largest absolute Gasteiger partial charge is 0.323 e. The second-order valence-electron chi connectivity index (χ2n) is 2.61. The van der Waals surface area contributed by atoms with Crippen LogP contribution in [-0.2, 0) is 0 Å². The topological polar surface area (TPSA) is 49.8 Å². The fourth-order valence-electron chi connectivity index (χ4n) is 1.02. The Morgan fingerprint density at radius 2 is 2.31 bits per heavy atom. The van der Waals surface area contributed by atoms with Crippen LogP contribution in [0.5, 0.6) is 0 Å². The Morgan fingerprint density at radius 1 is 1.62 bits per heavy atom. The van der Waals surface area contributed by atoms with E-state index in [1.54, 1.807) is 0 Å². The van der Waals surface area contributed by atoms with Gasteiger partial charge in [0.15, 0.2) is 0 Å². The minimum atomic E-state index is -0.285. The maximum absolute atomic E-state index is 8.48. The van der Waals surface area contributed by atoms with Crippen LogP contribution in [0.15, 0.2) is 18.2 Å². The molecule has 2 N–H and O–H groups in total. The molecule has 0 bridgehead atoms. The molecular weight excluding hydrogens is 298 g/mol. The van der Waals surface area contributed by atoms with Crippen molar-refractivity contribution in [1.29, 1.82) is 5.26 Å². The highest BCUT2D eigenvalue weighted by molar-refractivity contribution is 14.1. The van der Waals surface area contributed by atoms with E-state index in [9.17, 15) is 0 Å². The van der Waals surface area contributed by atoms with Gasteiger partial charge in [0, 0.05) is 9.61 Å². The van der Waals surface area contributed by atoms with Gasteiger partial charge in [0.2, 0.25) is 0 Å². The number of nitrogens with two attached hydrogens (primary N) is 1. The molecule has 0 spiro atoms. The summed E-state index contributed by atoms with van der Waals surface area (Å²) in [7, 11) is 0. The van der Waals surface area contributed by atoms with Crippen LogP contribution in [0.1, 0.15) is 18.0 Å². The monoisotopic (exact) mass is 306 g/mol. The molecule has 2 nitrogen and oxygen atoms in total. The summed E-state index contributed by atoms with van der Waals surface area (Å²) in [5.74, 6) is 0. The lowest BCUT2D eigenvalue weighted by molar-refractivity contribution is 0.748. The van der Waals surface area contributed by atoms with Gasteiger partial charge in [0.1, 0.15) is 0 Å². The third kappa shape index (κ3) is 2.56. The molecule has 1 aromatic rings. The van der Waals surface area contributed by atoms with E-state index in [2.05, 4.69) is 22.6 Å². The van der Waals surface area contributed by atoms with Crippen molar-refractivity contribution >= 4 is 34.2 Å². The van der Waals surface area contributed by atoms with Crippen molar-refractivity contribution in [3.63, 3.8) is 0 Å². The van der Waals surface area contributed by atoms with E-state index in [1.807, 2.05) is 24.3 Å². The quantitative estimate of drug-likeness (QED) is 0.854. The second kappa shape index (κ2) is 4.80. The lowest BCUT2D eigenvalue weighted by Gasteiger charge is -2.10. The Balaban J connectivity index is 3.02. The zero-order valence-electron chi connectivity index (χ0n) is 6.80. The van der Waals surface area contributed by atoms with Crippen LogP contribution in [0.25, 0.3) is 0 Å². The van der Waals surface area contributed by atoms with Crippen LogP contribution >= 0.6 is 34.2 Å². The van der Waals surface area contributed by atoms with E-state index in [0.29, 0.717) is 11.4 Å². The smallest absolute Gasteiger partial charge is 0.0641 e. The van der Waals surface area contributed by atoms with Crippen LogP contribution in [0.3, 0.4) is 0 Å². The summed E-state index contributed by atoms with van der Waals surface area (Å²) in [6, 6.07) is 7.39. The SMILES string of the molecule is N#CC[C@H](N)c1cccc(I)c1Cl. The molecule has 0 aromatic heterocycles. The van der Waals surface area contributed by atoms with E-state index in [-0.39, 0.29) is 6.04 Å². The van der Waals surface area contributed by atoms with Gasteiger partial charge in [-0.1, -0.05) is 23.7 Å². The molecule has 0 aliphatic rings. The molecule has 0 fully saturated rings. The summed E-state index contributed by atoms with van der Waals surface area (Å²) in [5.41, 5.74) is 6.61. The van der Waals surface area contributed by atoms with Crippen molar-refractivity contribution in [3.8, 4) is 6.07 Å². The molecule has 4 heteroatoms. The average molecular weight is 307 g/mol. The summed E-state index contributed by atoms with van der Waals surface area (Å²) in [6.45, 7) is 0. The van der Waals surface area contributed by atoms with E-state index in [0.717, 1.165) is 9.13 Å². The highest BCUT2D eigenvalue weighted by Crippen LogP contribution is 2.27. The number of nitriles is 1. The maximum Gasteiger partial charge on any atom is 0.0641 e. The minimum absolute atomic E-state index is 0.285. The van der Waals surface area contributed by atoms with Crippen molar-refractivity contribution in [2.45, 2.75) is 12.5 Å². The third-order valence-electron chi connectivity index (χ3n) is 1.69. The summed E-state index contributed by atoms with van der Waals surface area (Å²) >= 11 is 8.17. The Kier molecular flexibility index (Phi) is 3.97. The molecule has 0 saturated heterocycles. The number of hydrogen-bond donors (Lipinski definition) is 1. The van der Waals surface area contributed by atoms with Crippen molar-refractivity contribution in [1.82, 2.24) is 0 Å². The van der Waals surface area contributed by atoms with Crippen molar-refractivity contribution < 1.29 is 0 Å². The highest BCUT2D eigenvalue weighted by atomic mass is 127. The number of rotatable bonds is 2. The molecule has 68 valence electrons. The molecule has 0 aliphatic carbocycles. The molecule has 1 aromatic carbocycles. The van der Waals surface area contributed by atoms with Crippen molar-refractivity contribution in [2.24, 2.45) is 5.73 Å². The van der Waals surface area contributed by atoms with Gasteiger partial charge >= 0.3 is 0 Å². The van der Waals surface area contributed by atoms with Gasteiger partial charge in [-0.25, -0.2) is 0 Å². The fourth-order valence-corrected chi connectivity index (χ4v) is 1.80. The van der Waals surface area contributed by atoms with Crippen LogP contribution in [0.2, 0.25) is 5.02 Å². The predicted octanol–water partition coefficient (Wildman–Crippen LogP) is 2.86. The Morgan fingerprint density at radius 3 is 2.92 bits per heavy atom. The number of nitrogens with zero attached hydrogens (tertiary/aromatic N) is 1. The normalized spacial score (nSPS) is 12.2. The Labute approximate surface area is 95.8 Å². The molecule has 0 aliphatic heterocycles. The van der Waals surface area contributed by atoms with Crippen molar-refractivity contribution in [2.75, 3.05) is 0 Å². The number of benzene rings is 1. The van der Waals surface area contributed by atoms with Gasteiger partial charge in [-0.3, -0.25) is 0 Å². The first-order chi connectivity index (χ1) is 6.16. The van der Waals surface area contributed by atoms with Gasteiger partial charge in [0.25, 0.3) is 0 Å². The predicted molar refractivity (Wildman–Crippen MR) is 61.3 cm³/mol. The second-order valence-corrected chi connectivity index (χ2v) is 4.15.